The van der Waals surface area contributed by atoms with E-state index in [2.05, 4.69) is 22.8 Å². The lowest BCUT2D eigenvalue weighted by Crippen LogP contribution is -2.46. The fraction of sp³-hybridized carbons (Fsp3) is 0.611. The standard InChI is InChI=1S/C36H44Cl4N2O4/c37-29-11-7-21(15-31(29)39)25-17-23-9-13-33(41-23)27(25)19-45-35(43)5-3-1-2-4-6-36(44)46-20-28-26(18-24-10-14-34(28)42-24)22-8-12-30(38)32(40)16-22/h7-8,11-12,15-16,23-28,33-34,41-42H,1-6,9-10,13-14,17-20H2. The van der Waals surface area contributed by atoms with Crippen LogP contribution in [0.3, 0.4) is 0 Å². The van der Waals surface area contributed by atoms with Gasteiger partial charge < -0.3 is 20.1 Å². The van der Waals surface area contributed by atoms with Crippen molar-refractivity contribution in [2.75, 3.05) is 13.2 Å². The average Bonchev–Trinajstić information content (AvgIpc) is 3.63. The number of benzene rings is 2. The van der Waals surface area contributed by atoms with Gasteiger partial charge in [-0.15, -0.1) is 0 Å². The van der Waals surface area contributed by atoms with Gasteiger partial charge in [0, 0.05) is 48.8 Å². The van der Waals surface area contributed by atoms with Gasteiger partial charge in [0.2, 0.25) is 0 Å². The molecule has 2 aromatic carbocycles. The Morgan fingerprint density at radius 2 is 1.04 bits per heavy atom. The molecule has 8 unspecified atom stereocenters. The molecule has 2 aromatic rings. The van der Waals surface area contributed by atoms with Crippen LogP contribution in [-0.4, -0.2) is 49.3 Å². The summed E-state index contributed by atoms with van der Waals surface area (Å²) in [6.07, 6.45) is 10.6. The summed E-state index contributed by atoms with van der Waals surface area (Å²) in [5.41, 5.74) is 2.34. The average molecular weight is 711 g/mol. The molecule has 4 aliphatic rings. The molecule has 4 fully saturated rings. The number of piperidine rings is 2. The molecule has 4 aliphatic heterocycles. The molecule has 250 valence electrons. The third-order valence-corrected chi connectivity index (χ3v) is 12.3. The Labute approximate surface area is 292 Å². The summed E-state index contributed by atoms with van der Waals surface area (Å²) in [5, 5.41) is 9.67. The molecular weight excluding hydrogens is 666 g/mol. The molecule has 0 aromatic heterocycles. The summed E-state index contributed by atoms with van der Waals surface area (Å²) >= 11 is 25.0. The van der Waals surface area contributed by atoms with Gasteiger partial charge in [-0.3, -0.25) is 9.59 Å². The first-order valence-electron chi connectivity index (χ1n) is 17.0. The van der Waals surface area contributed by atoms with E-state index in [1.54, 1.807) is 0 Å². The smallest absolute Gasteiger partial charge is 0.305 e. The van der Waals surface area contributed by atoms with Crippen LogP contribution in [0.5, 0.6) is 0 Å². The van der Waals surface area contributed by atoms with Crippen molar-refractivity contribution in [1.82, 2.24) is 10.6 Å². The summed E-state index contributed by atoms with van der Waals surface area (Å²) in [4.78, 5) is 25.3. The normalized spacial score (nSPS) is 29.9. The molecule has 4 saturated heterocycles. The van der Waals surface area contributed by atoms with Crippen molar-refractivity contribution in [3.8, 4) is 0 Å². The van der Waals surface area contributed by atoms with E-state index in [1.165, 1.54) is 11.1 Å². The number of unbranched alkanes of at least 4 members (excludes halogenated alkanes) is 3. The Bertz CT molecular complexity index is 1290. The maximum absolute atomic E-state index is 12.7. The number of hydrogen-bond acceptors (Lipinski definition) is 6. The second kappa shape index (κ2) is 15.8. The second-order valence-electron chi connectivity index (χ2n) is 13.7. The highest BCUT2D eigenvalue weighted by Gasteiger charge is 2.44. The van der Waals surface area contributed by atoms with Crippen molar-refractivity contribution in [3.05, 3.63) is 67.6 Å². The van der Waals surface area contributed by atoms with E-state index in [0.717, 1.165) is 64.2 Å². The molecule has 0 aliphatic carbocycles. The summed E-state index contributed by atoms with van der Waals surface area (Å²) in [6, 6.07) is 13.5. The number of fused-ring (bicyclic) bond motifs is 4. The molecule has 4 heterocycles. The van der Waals surface area contributed by atoms with Crippen molar-refractivity contribution < 1.29 is 19.1 Å². The van der Waals surface area contributed by atoms with E-state index in [9.17, 15) is 9.59 Å². The van der Waals surface area contributed by atoms with Gasteiger partial charge >= 0.3 is 11.9 Å². The quantitative estimate of drug-likeness (QED) is 0.160. The van der Waals surface area contributed by atoms with Crippen molar-refractivity contribution in [2.45, 2.75) is 113 Å². The predicted molar refractivity (Wildman–Crippen MR) is 184 cm³/mol. The Kier molecular flexibility index (Phi) is 11.8. The van der Waals surface area contributed by atoms with Gasteiger partial charge in [-0.2, -0.15) is 0 Å². The molecule has 2 N–H and O–H groups in total. The van der Waals surface area contributed by atoms with Crippen molar-refractivity contribution in [2.24, 2.45) is 11.8 Å². The van der Waals surface area contributed by atoms with Crippen LogP contribution >= 0.6 is 46.4 Å². The third-order valence-electron chi connectivity index (χ3n) is 10.8. The van der Waals surface area contributed by atoms with Crippen LogP contribution in [0.1, 0.15) is 100 Å². The number of nitrogens with one attached hydrogen (secondary N) is 2. The molecule has 0 amide bonds. The predicted octanol–water partition coefficient (Wildman–Crippen LogP) is 8.88. The topological polar surface area (TPSA) is 76.7 Å². The van der Waals surface area contributed by atoms with Gasteiger partial charge in [-0.1, -0.05) is 71.4 Å². The van der Waals surface area contributed by atoms with E-state index >= 15 is 0 Å². The molecular formula is C36H44Cl4N2O4. The number of carbonyl (C=O) groups is 2. The summed E-state index contributed by atoms with van der Waals surface area (Å²) < 4.78 is 11.6. The van der Waals surface area contributed by atoms with Gasteiger partial charge in [0.05, 0.1) is 33.3 Å². The Balaban J connectivity index is 0.886. The van der Waals surface area contributed by atoms with Gasteiger partial charge in [0.1, 0.15) is 0 Å². The first kappa shape index (κ1) is 34.3. The van der Waals surface area contributed by atoms with Gasteiger partial charge in [0.25, 0.3) is 0 Å². The fourth-order valence-corrected chi connectivity index (χ4v) is 9.02. The molecule has 6 rings (SSSR count). The monoisotopic (exact) mass is 708 g/mol. The van der Waals surface area contributed by atoms with Crippen LogP contribution in [-0.2, 0) is 19.1 Å². The summed E-state index contributed by atoms with van der Waals surface area (Å²) in [6.45, 7) is 0.813. The van der Waals surface area contributed by atoms with Crippen molar-refractivity contribution >= 4 is 58.3 Å². The SMILES string of the molecule is O=C(CCCCCCC(=O)OCC1C2CCC(CC1c1ccc(Cl)c(Cl)c1)N2)OCC1C2CCC(CC1c1ccc(Cl)c(Cl)c1)N2. The minimum Gasteiger partial charge on any atom is -0.465 e. The maximum atomic E-state index is 12.7. The molecule has 46 heavy (non-hydrogen) atoms. The zero-order valence-corrected chi connectivity index (χ0v) is 29.2. The lowest BCUT2D eigenvalue weighted by molar-refractivity contribution is -0.147. The highest BCUT2D eigenvalue weighted by Crippen LogP contribution is 2.44. The Morgan fingerprint density at radius 3 is 1.46 bits per heavy atom. The number of carbonyl (C=O) groups excluding carboxylic acids is 2. The number of rotatable bonds is 13. The van der Waals surface area contributed by atoms with E-state index in [-0.39, 0.29) is 35.6 Å². The Morgan fingerprint density at radius 1 is 0.609 bits per heavy atom. The molecule has 10 heteroatoms. The largest absolute Gasteiger partial charge is 0.465 e. The number of esters is 2. The van der Waals surface area contributed by atoms with Crippen LogP contribution in [0.4, 0.5) is 0 Å². The highest BCUT2D eigenvalue weighted by atomic mass is 35.5. The number of halogens is 4. The van der Waals surface area contributed by atoms with E-state index in [4.69, 9.17) is 55.9 Å². The number of ether oxygens (including phenoxy) is 2. The van der Waals surface area contributed by atoms with Crippen LogP contribution in [0.2, 0.25) is 20.1 Å². The lowest BCUT2D eigenvalue weighted by atomic mass is 9.77. The van der Waals surface area contributed by atoms with Crippen LogP contribution in [0, 0.1) is 11.8 Å². The second-order valence-corrected chi connectivity index (χ2v) is 15.4. The third kappa shape index (κ3) is 8.36. The molecule has 6 nitrogen and oxygen atoms in total. The van der Waals surface area contributed by atoms with Crippen LogP contribution in [0.25, 0.3) is 0 Å². The molecule has 0 spiro atoms. The zero-order valence-electron chi connectivity index (χ0n) is 26.1. The van der Waals surface area contributed by atoms with Crippen LogP contribution in [0.15, 0.2) is 36.4 Å². The number of hydrogen-bond donors (Lipinski definition) is 2. The minimum atomic E-state index is -0.154. The molecule has 0 saturated carbocycles. The van der Waals surface area contributed by atoms with Gasteiger partial charge in [0.15, 0.2) is 0 Å². The van der Waals surface area contributed by atoms with E-state index in [1.807, 2.05) is 24.3 Å². The van der Waals surface area contributed by atoms with E-state index < -0.39 is 0 Å². The van der Waals surface area contributed by atoms with Crippen LogP contribution < -0.4 is 10.6 Å². The lowest BCUT2D eigenvalue weighted by Gasteiger charge is -2.37. The minimum absolute atomic E-state index is 0.154. The summed E-state index contributed by atoms with van der Waals surface area (Å²) in [7, 11) is 0. The van der Waals surface area contributed by atoms with Gasteiger partial charge in [-0.25, -0.2) is 0 Å². The maximum Gasteiger partial charge on any atom is 0.305 e. The van der Waals surface area contributed by atoms with Crippen molar-refractivity contribution in [3.63, 3.8) is 0 Å². The molecule has 4 bridgehead atoms. The zero-order chi connectivity index (χ0) is 32.2. The Hall–Kier alpha value is -1.54. The fourth-order valence-electron chi connectivity index (χ4n) is 8.40. The highest BCUT2D eigenvalue weighted by molar-refractivity contribution is 6.42. The first-order chi connectivity index (χ1) is 22.2. The first-order valence-corrected chi connectivity index (χ1v) is 18.5. The van der Waals surface area contributed by atoms with E-state index in [0.29, 0.717) is 70.3 Å². The summed E-state index contributed by atoms with van der Waals surface area (Å²) in [5.74, 6) is 0.688. The van der Waals surface area contributed by atoms with Gasteiger partial charge in [-0.05, 0) is 98.6 Å². The molecule has 0 radical (unpaired) electrons. The molecule has 8 atom stereocenters. The van der Waals surface area contributed by atoms with Crippen molar-refractivity contribution in [1.29, 1.82) is 0 Å².